The van der Waals surface area contributed by atoms with Crippen molar-refractivity contribution in [3.8, 4) is 5.75 Å². The summed E-state index contributed by atoms with van der Waals surface area (Å²) < 4.78 is 20.7. The second-order valence-electron chi connectivity index (χ2n) is 8.00. The molecule has 3 aromatic carbocycles. The molecule has 0 bridgehead atoms. The number of urea groups is 1. The molecule has 1 heterocycles. The summed E-state index contributed by atoms with van der Waals surface area (Å²) in [6, 6.07) is 14.1. The van der Waals surface area contributed by atoms with Crippen LogP contribution in [-0.2, 0) is 16.2 Å². The quantitative estimate of drug-likeness (QED) is 0.279. The van der Waals surface area contributed by atoms with Crippen LogP contribution in [0.4, 0.5) is 14.9 Å². The van der Waals surface area contributed by atoms with Crippen LogP contribution in [0.2, 0.25) is 0 Å². The molecule has 9 heteroatoms. The van der Waals surface area contributed by atoms with E-state index in [1.807, 2.05) is 19.9 Å². The van der Waals surface area contributed by atoms with Crippen LogP contribution in [0.25, 0.3) is 6.08 Å². The summed E-state index contributed by atoms with van der Waals surface area (Å²) in [4.78, 5) is 39.2. The smallest absolute Gasteiger partial charge is 0.335 e. The Labute approximate surface area is 218 Å². The second kappa shape index (κ2) is 10.1. The number of carbonyl (C=O) groups excluding carboxylic acids is 3. The van der Waals surface area contributed by atoms with Crippen molar-refractivity contribution < 1.29 is 23.5 Å². The monoisotopic (exact) mass is 600 g/mol. The molecular weight excluding hydrogens is 583 g/mol. The zero-order valence-electron chi connectivity index (χ0n) is 18.7. The number of aryl methyl sites for hydroxylation is 2. The van der Waals surface area contributed by atoms with Gasteiger partial charge in [-0.05, 0) is 98.8 Å². The summed E-state index contributed by atoms with van der Waals surface area (Å²) in [5.74, 6) is -1.45. The number of benzene rings is 3. The van der Waals surface area contributed by atoms with Gasteiger partial charge in [0.15, 0.2) is 0 Å². The molecule has 0 aliphatic carbocycles. The van der Waals surface area contributed by atoms with Crippen molar-refractivity contribution in [3.63, 3.8) is 0 Å². The van der Waals surface area contributed by atoms with Crippen molar-refractivity contribution >= 4 is 61.5 Å². The summed E-state index contributed by atoms with van der Waals surface area (Å²) in [7, 11) is 0. The maximum Gasteiger partial charge on any atom is 0.335 e. The Morgan fingerprint density at radius 1 is 0.971 bits per heavy atom. The van der Waals surface area contributed by atoms with Crippen LogP contribution in [0.3, 0.4) is 0 Å². The lowest BCUT2D eigenvalue weighted by Gasteiger charge is -2.27. The van der Waals surface area contributed by atoms with Crippen LogP contribution in [0.1, 0.15) is 22.3 Å². The van der Waals surface area contributed by atoms with Gasteiger partial charge in [0.05, 0.1) is 14.6 Å². The average Bonchev–Trinajstić information content (AvgIpc) is 2.76. The predicted octanol–water partition coefficient (Wildman–Crippen LogP) is 6.21. The van der Waals surface area contributed by atoms with E-state index >= 15 is 0 Å². The SMILES string of the molecule is Cc1cc(C)cc(N2C(=O)NC(=O)/C(=C\c3cc(Br)c(OCc4ccccc4F)c(Br)c3)C2=O)c1. The molecule has 0 spiro atoms. The lowest BCUT2D eigenvalue weighted by atomic mass is 10.1. The number of barbiturate groups is 1. The van der Waals surface area contributed by atoms with Crippen LogP contribution >= 0.6 is 31.9 Å². The van der Waals surface area contributed by atoms with E-state index in [9.17, 15) is 18.8 Å². The summed E-state index contributed by atoms with van der Waals surface area (Å²) in [6.07, 6.45) is 1.40. The van der Waals surface area contributed by atoms with Crippen molar-refractivity contribution in [3.05, 3.63) is 97.2 Å². The molecule has 6 nitrogen and oxygen atoms in total. The third-order valence-electron chi connectivity index (χ3n) is 5.23. The van der Waals surface area contributed by atoms with Crippen LogP contribution < -0.4 is 15.0 Å². The number of ether oxygens (including phenoxy) is 1. The number of nitrogens with zero attached hydrogens (tertiary/aromatic N) is 1. The van der Waals surface area contributed by atoms with Crippen molar-refractivity contribution in [2.75, 3.05) is 4.90 Å². The first kappa shape index (κ1) is 24.8. The van der Waals surface area contributed by atoms with Gasteiger partial charge in [-0.3, -0.25) is 14.9 Å². The highest BCUT2D eigenvalue weighted by atomic mass is 79.9. The molecule has 4 amide bonds. The van der Waals surface area contributed by atoms with Gasteiger partial charge in [0.1, 0.15) is 23.7 Å². The normalized spacial score (nSPS) is 14.9. The van der Waals surface area contributed by atoms with Crippen molar-refractivity contribution in [1.82, 2.24) is 5.32 Å². The number of hydrogen-bond acceptors (Lipinski definition) is 4. The maximum absolute atomic E-state index is 13.9. The van der Waals surface area contributed by atoms with E-state index in [1.165, 1.54) is 12.1 Å². The highest BCUT2D eigenvalue weighted by Crippen LogP contribution is 2.36. The van der Waals surface area contributed by atoms with Gasteiger partial charge in [-0.1, -0.05) is 24.3 Å². The molecular formula is C26H19Br2FN2O4. The zero-order valence-corrected chi connectivity index (χ0v) is 21.9. The Bertz CT molecular complexity index is 1360. The first-order valence-corrected chi connectivity index (χ1v) is 12.1. The number of amides is 4. The predicted molar refractivity (Wildman–Crippen MR) is 137 cm³/mol. The lowest BCUT2D eigenvalue weighted by Crippen LogP contribution is -2.54. The Balaban J connectivity index is 1.63. The van der Waals surface area contributed by atoms with Gasteiger partial charge in [0.2, 0.25) is 0 Å². The van der Waals surface area contributed by atoms with Gasteiger partial charge >= 0.3 is 6.03 Å². The number of rotatable bonds is 5. The van der Waals surface area contributed by atoms with E-state index in [0.29, 0.717) is 31.5 Å². The molecule has 178 valence electrons. The van der Waals surface area contributed by atoms with E-state index in [-0.39, 0.29) is 18.0 Å². The first-order valence-electron chi connectivity index (χ1n) is 10.5. The van der Waals surface area contributed by atoms with Gasteiger partial charge in [0.25, 0.3) is 11.8 Å². The fourth-order valence-corrected chi connectivity index (χ4v) is 5.16. The number of imide groups is 2. The van der Waals surface area contributed by atoms with Gasteiger partial charge in [-0.15, -0.1) is 0 Å². The lowest BCUT2D eigenvalue weighted by molar-refractivity contribution is -0.122. The topological polar surface area (TPSA) is 75.7 Å². The minimum atomic E-state index is -0.804. The number of nitrogens with one attached hydrogen (secondary N) is 1. The van der Waals surface area contributed by atoms with Crippen molar-refractivity contribution in [1.29, 1.82) is 0 Å². The Morgan fingerprint density at radius 3 is 2.23 bits per heavy atom. The molecule has 1 aliphatic heterocycles. The molecule has 3 aromatic rings. The zero-order chi connectivity index (χ0) is 25.3. The van der Waals surface area contributed by atoms with E-state index in [1.54, 1.807) is 42.5 Å². The first-order chi connectivity index (χ1) is 16.6. The fourth-order valence-electron chi connectivity index (χ4n) is 3.70. The molecule has 0 unspecified atom stereocenters. The number of halogens is 3. The molecule has 1 N–H and O–H groups in total. The Morgan fingerprint density at radius 2 is 1.60 bits per heavy atom. The van der Waals surface area contributed by atoms with Gasteiger partial charge < -0.3 is 4.74 Å². The summed E-state index contributed by atoms with van der Waals surface area (Å²) in [5, 5.41) is 2.23. The highest BCUT2D eigenvalue weighted by Gasteiger charge is 2.37. The summed E-state index contributed by atoms with van der Waals surface area (Å²) in [5.41, 5.74) is 2.85. The maximum atomic E-state index is 13.9. The molecule has 1 fully saturated rings. The van der Waals surface area contributed by atoms with Crippen LogP contribution in [-0.4, -0.2) is 17.8 Å². The molecule has 35 heavy (non-hydrogen) atoms. The van der Waals surface area contributed by atoms with Gasteiger partial charge in [0, 0.05) is 5.56 Å². The van der Waals surface area contributed by atoms with Gasteiger partial charge in [-0.2, -0.15) is 0 Å². The molecule has 0 saturated carbocycles. The highest BCUT2D eigenvalue weighted by molar-refractivity contribution is 9.11. The molecule has 4 rings (SSSR count). The van der Waals surface area contributed by atoms with Crippen LogP contribution in [0.15, 0.2) is 69.1 Å². The standard InChI is InChI=1S/C26H19Br2FN2O4/c1-14-7-15(2)9-18(8-14)31-25(33)19(24(32)30-26(31)34)10-16-11-20(27)23(21(28)12-16)35-13-17-5-3-4-6-22(17)29/h3-12H,13H2,1-2H3,(H,30,32,34)/b19-10+. The average molecular weight is 602 g/mol. The minimum absolute atomic E-state index is 0.0121. The largest absolute Gasteiger partial charge is 0.486 e. The number of hydrogen-bond donors (Lipinski definition) is 1. The van der Waals surface area contributed by atoms with E-state index < -0.39 is 17.8 Å². The van der Waals surface area contributed by atoms with E-state index in [0.717, 1.165) is 16.0 Å². The van der Waals surface area contributed by atoms with E-state index in [2.05, 4.69) is 37.2 Å². The van der Waals surface area contributed by atoms with Gasteiger partial charge in [-0.25, -0.2) is 14.1 Å². The molecule has 0 aromatic heterocycles. The van der Waals surface area contributed by atoms with Crippen LogP contribution in [0.5, 0.6) is 5.75 Å². The molecule has 0 atom stereocenters. The Kier molecular flexibility index (Phi) is 7.18. The van der Waals surface area contributed by atoms with Crippen LogP contribution in [0, 0.1) is 19.7 Å². The number of carbonyl (C=O) groups is 3. The van der Waals surface area contributed by atoms with Crippen molar-refractivity contribution in [2.24, 2.45) is 0 Å². The second-order valence-corrected chi connectivity index (χ2v) is 9.71. The molecule has 1 aliphatic rings. The van der Waals surface area contributed by atoms with E-state index in [4.69, 9.17) is 4.74 Å². The Hall–Kier alpha value is -3.30. The third-order valence-corrected chi connectivity index (χ3v) is 6.41. The van der Waals surface area contributed by atoms with Crippen molar-refractivity contribution in [2.45, 2.75) is 20.5 Å². The molecule has 1 saturated heterocycles. The number of anilines is 1. The summed E-state index contributed by atoms with van der Waals surface area (Å²) in [6.45, 7) is 3.73. The third kappa shape index (κ3) is 5.36. The molecule has 0 radical (unpaired) electrons. The fraction of sp³-hybridized carbons (Fsp3) is 0.115. The minimum Gasteiger partial charge on any atom is -0.486 e. The summed E-state index contributed by atoms with van der Waals surface area (Å²) >= 11 is 6.86.